The molecular weight excluding hydrogens is 340 g/mol. The van der Waals surface area contributed by atoms with E-state index >= 15 is 0 Å². The van der Waals surface area contributed by atoms with Crippen LogP contribution < -0.4 is 9.21 Å². The zero-order chi connectivity index (χ0) is 18.2. The molecule has 0 amide bonds. The maximum Gasteiger partial charge on any atom is 0.338 e. The Morgan fingerprint density at radius 2 is 1.64 bits per heavy atom. The van der Waals surface area contributed by atoms with E-state index in [1.807, 2.05) is 32.9 Å². The summed E-state index contributed by atoms with van der Waals surface area (Å²) < 4.78 is 31.5. The average Bonchev–Trinajstić information content (AvgIpc) is 3.14. The summed E-state index contributed by atoms with van der Waals surface area (Å²) in [5.74, 6) is -0.269. The van der Waals surface area contributed by atoms with Crippen molar-refractivity contribution in [3.05, 3.63) is 23.8 Å². The molecule has 1 aromatic rings. The fourth-order valence-corrected chi connectivity index (χ4v) is 4.83. The molecule has 2 fully saturated rings. The first-order valence-electron chi connectivity index (χ1n) is 8.79. The smallest absolute Gasteiger partial charge is 0.338 e. The number of anilines is 2. The van der Waals surface area contributed by atoms with Crippen molar-refractivity contribution in [2.75, 3.05) is 34.6 Å². The highest BCUT2D eigenvalue weighted by Crippen LogP contribution is 2.32. The Balaban J connectivity index is 2.01. The van der Waals surface area contributed by atoms with Crippen molar-refractivity contribution in [1.29, 1.82) is 0 Å². The Bertz CT molecular complexity index is 762. The van der Waals surface area contributed by atoms with Gasteiger partial charge in [-0.1, -0.05) is 0 Å². The first-order valence-corrected chi connectivity index (χ1v) is 10.4. The lowest BCUT2D eigenvalue weighted by Crippen LogP contribution is -2.27. The van der Waals surface area contributed by atoms with E-state index in [9.17, 15) is 13.2 Å². The summed E-state index contributed by atoms with van der Waals surface area (Å²) >= 11 is 0. The molecule has 0 aromatic heterocycles. The third-order valence-electron chi connectivity index (χ3n) is 4.40. The summed E-state index contributed by atoms with van der Waals surface area (Å²) in [4.78, 5) is 14.7. The highest BCUT2D eigenvalue weighted by molar-refractivity contribution is 7.93. The zero-order valence-corrected chi connectivity index (χ0v) is 15.9. The van der Waals surface area contributed by atoms with Gasteiger partial charge < -0.3 is 9.64 Å². The van der Waals surface area contributed by atoms with Gasteiger partial charge in [0, 0.05) is 25.3 Å². The largest absolute Gasteiger partial charge is 0.456 e. The summed E-state index contributed by atoms with van der Waals surface area (Å²) in [6.07, 6.45) is 2.82. The number of hydrogen-bond acceptors (Lipinski definition) is 5. The van der Waals surface area contributed by atoms with Crippen LogP contribution in [-0.2, 0) is 14.8 Å². The molecule has 138 valence electrons. The Hall–Kier alpha value is -1.76. The van der Waals surface area contributed by atoms with Crippen molar-refractivity contribution in [2.24, 2.45) is 0 Å². The molecule has 0 N–H and O–H groups in total. The van der Waals surface area contributed by atoms with E-state index < -0.39 is 21.6 Å². The van der Waals surface area contributed by atoms with Crippen LogP contribution in [0, 0.1) is 0 Å². The molecule has 6 nitrogen and oxygen atoms in total. The maximum absolute atomic E-state index is 12.5. The Morgan fingerprint density at radius 3 is 2.20 bits per heavy atom. The Labute approximate surface area is 149 Å². The molecule has 0 saturated carbocycles. The molecule has 0 spiro atoms. The molecule has 0 aliphatic carbocycles. The van der Waals surface area contributed by atoms with Crippen LogP contribution in [0.25, 0.3) is 0 Å². The fourth-order valence-electron chi connectivity index (χ4n) is 3.28. The zero-order valence-electron chi connectivity index (χ0n) is 15.1. The molecule has 2 aliphatic rings. The quantitative estimate of drug-likeness (QED) is 0.770. The molecule has 2 heterocycles. The second kappa shape index (κ2) is 6.52. The summed E-state index contributed by atoms with van der Waals surface area (Å²) in [6, 6.07) is 5.32. The van der Waals surface area contributed by atoms with Crippen LogP contribution >= 0.6 is 0 Å². The lowest BCUT2D eigenvalue weighted by atomic mass is 10.1. The van der Waals surface area contributed by atoms with E-state index in [4.69, 9.17) is 4.74 Å². The Morgan fingerprint density at radius 1 is 1.00 bits per heavy atom. The number of carbonyl (C=O) groups is 1. The molecule has 2 saturated heterocycles. The van der Waals surface area contributed by atoms with Crippen LogP contribution in [0.3, 0.4) is 0 Å². The van der Waals surface area contributed by atoms with E-state index in [0.717, 1.165) is 31.6 Å². The second-order valence-electron chi connectivity index (χ2n) is 7.68. The average molecular weight is 366 g/mol. The molecule has 0 radical (unpaired) electrons. The molecule has 25 heavy (non-hydrogen) atoms. The summed E-state index contributed by atoms with van der Waals surface area (Å²) in [6.45, 7) is 7.76. The lowest BCUT2D eigenvalue weighted by molar-refractivity contribution is 0.00695. The van der Waals surface area contributed by atoms with Crippen LogP contribution in [-0.4, -0.2) is 45.4 Å². The monoisotopic (exact) mass is 366 g/mol. The van der Waals surface area contributed by atoms with Gasteiger partial charge in [0.25, 0.3) is 0 Å². The summed E-state index contributed by atoms with van der Waals surface area (Å²) in [5.41, 5.74) is 1.25. The normalized spacial score (nSPS) is 20.1. The second-order valence-corrected chi connectivity index (χ2v) is 9.69. The number of rotatable bonds is 3. The molecule has 7 heteroatoms. The van der Waals surface area contributed by atoms with Crippen molar-refractivity contribution in [1.82, 2.24) is 0 Å². The minimum Gasteiger partial charge on any atom is -0.456 e. The van der Waals surface area contributed by atoms with E-state index in [2.05, 4.69) is 4.90 Å². The number of esters is 1. The van der Waals surface area contributed by atoms with Gasteiger partial charge in [0.2, 0.25) is 10.0 Å². The van der Waals surface area contributed by atoms with Gasteiger partial charge in [-0.05, 0) is 58.2 Å². The van der Waals surface area contributed by atoms with E-state index in [1.54, 1.807) is 6.07 Å². The predicted octanol–water partition coefficient (Wildman–Crippen LogP) is 2.78. The highest BCUT2D eigenvalue weighted by atomic mass is 32.2. The molecule has 0 atom stereocenters. The third kappa shape index (κ3) is 4.08. The number of hydrogen-bond donors (Lipinski definition) is 0. The van der Waals surface area contributed by atoms with Gasteiger partial charge in [0.05, 0.1) is 17.0 Å². The first-order chi connectivity index (χ1) is 11.7. The molecule has 0 unspecified atom stereocenters. The van der Waals surface area contributed by atoms with Crippen LogP contribution in [0.15, 0.2) is 18.2 Å². The third-order valence-corrected chi connectivity index (χ3v) is 6.27. The van der Waals surface area contributed by atoms with Gasteiger partial charge in [0.1, 0.15) is 5.60 Å². The van der Waals surface area contributed by atoms with Crippen molar-refractivity contribution >= 4 is 27.4 Å². The van der Waals surface area contributed by atoms with Crippen LogP contribution in [0.4, 0.5) is 11.4 Å². The SMILES string of the molecule is CC(C)(C)OC(=O)c1cc(N2CCCC2)cc(N2CCCS2(=O)=O)c1. The van der Waals surface area contributed by atoms with Gasteiger partial charge in [-0.2, -0.15) is 0 Å². The first kappa shape index (κ1) is 18.0. The van der Waals surface area contributed by atoms with Crippen LogP contribution in [0.2, 0.25) is 0 Å². The standard InChI is InChI=1S/C18H26N2O4S/c1-18(2,3)24-17(21)14-11-15(19-7-4-5-8-19)13-16(12-14)20-9-6-10-25(20,22)23/h11-13H,4-10H2,1-3H3. The fraction of sp³-hybridized carbons (Fsp3) is 0.611. The van der Waals surface area contributed by atoms with Gasteiger partial charge in [-0.25, -0.2) is 13.2 Å². The van der Waals surface area contributed by atoms with Crippen molar-refractivity contribution in [3.8, 4) is 0 Å². The number of nitrogens with zero attached hydrogens (tertiary/aromatic N) is 2. The number of ether oxygens (including phenoxy) is 1. The van der Waals surface area contributed by atoms with Crippen molar-refractivity contribution < 1.29 is 17.9 Å². The van der Waals surface area contributed by atoms with Crippen LogP contribution in [0.1, 0.15) is 50.4 Å². The van der Waals surface area contributed by atoms with Crippen LogP contribution in [0.5, 0.6) is 0 Å². The predicted molar refractivity (Wildman–Crippen MR) is 98.8 cm³/mol. The number of sulfonamides is 1. The highest BCUT2D eigenvalue weighted by Gasteiger charge is 2.30. The van der Waals surface area contributed by atoms with Crippen molar-refractivity contribution in [2.45, 2.75) is 45.6 Å². The molecular formula is C18H26N2O4S. The molecule has 3 rings (SSSR count). The number of carbonyl (C=O) groups excluding carboxylic acids is 1. The minimum atomic E-state index is -3.30. The van der Waals surface area contributed by atoms with Gasteiger partial charge >= 0.3 is 5.97 Å². The van der Waals surface area contributed by atoms with E-state index in [0.29, 0.717) is 24.2 Å². The lowest BCUT2D eigenvalue weighted by Gasteiger charge is -2.24. The maximum atomic E-state index is 12.5. The van der Waals surface area contributed by atoms with Gasteiger partial charge in [-0.3, -0.25) is 4.31 Å². The number of benzene rings is 1. The van der Waals surface area contributed by atoms with E-state index in [-0.39, 0.29) is 5.75 Å². The topological polar surface area (TPSA) is 66.9 Å². The Kier molecular flexibility index (Phi) is 4.70. The minimum absolute atomic E-state index is 0.155. The van der Waals surface area contributed by atoms with Crippen molar-refractivity contribution in [3.63, 3.8) is 0 Å². The van der Waals surface area contributed by atoms with Gasteiger partial charge in [-0.15, -0.1) is 0 Å². The molecule has 0 bridgehead atoms. The molecule has 2 aliphatic heterocycles. The summed E-state index contributed by atoms with van der Waals surface area (Å²) in [7, 11) is -3.30. The van der Waals surface area contributed by atoms with Gasteiger partial charge in [0.15, 0.2) is 0 Å². The molecule has 1 aromatic carbocycles. The summed E-state index contributed by atoms with van der Waals surface area (Å²) in [5, 5.41) is 0. The van der Waals surface area contributed by atoms with E-state index in [1.165, 1.54) is 4.31 Å².